The van der Waals surface area contributed by atoms with Gasteiger partial charge in [0.1, 0.15) is 11.9 Å². The number of benzene rings is 1. The maximum atomic E-state index is 11.4. The molecule has 0 radical (unpaired) electrons. The highest BCUT2D eigenvalue weighted by Crippen LogP contribution is 2.10. The largest absolute Gasteiger partial charge is 0.489 e. The predicted molar refractivity (Wildman–Crippen MR) is 75.3 cm³/mol. The number of hydrogen-bond acceptors (Lipinski definition) is 3. The van der Waals surface area contributed by atoms with Crippen LogP contribution in [0.5, 0.6) is 5.75 Å². The Morgan fingerprint density at radius 3 is 2.61 bits per heavy atom. The Hall–Kier alpha value is -1.26. The van der Waals surface area contributed by atoms with Crippen LogP contribution in [0.3, 0.4) is 0 Å². The zero-order valence-corrected chi connectivity index (χ0v) is 11.6. The normalized spacial score (nSPS) is 11.2. The van der Waals surface area contributed by atoms with E-state index >= 15 is 0 Å². The molecule has 1 aromatic rings. The number of para-hydroxylation sites is 1. The summed E-state index contributed by atoms with van der Waals surface area (Å²) >= 11 is 0. The van der Waals surface area contributed by atoms with Gasteiger partial charge in [-0.2, -0.15) is 0 Å². The molecular formula is C13H21ClN2O2. The number of hydrogen-bond donors (Lipinski definition) is 2. The zero-order valence-electron chi connectivity index (χ0n) is 10.8. The molecule has 0 aliphatic rings. The van der Waals surface area contributed by atoms with Crippen LogP contribution in [0.4, 0.5) is 0 Å². The minimum Gasteiger partial charge on any atom is -0.489 e. The number of rotatable bonds is 7. The lowest BCUT2D eigenvalue weighted by Crippen LogP contribution is -2.34. The Kier molecular flexibility index (Phi) is 9.06. The van der Waals surface area contributed by atoms with E-state index in [1.54, 1.807) is 0 Å². The number of carbonyl (C=O) groups excluding carboxylic acids is 1. The smallest absolute Gasteiger partial charge is 0.221 e. The van der Waals surface area contributed by atoms with E-state index < -0.39 is 0 Å². The highest BCUT2D eigenvalue weighted by atomic mass is 35.5. The molecule has 4 nitrogen and oxygen atoms in total. The van der Waals surface area contributed by atoms with E-state index in [0.717, 1.165) is 5.75 Å². The molecule has 0 heterocycles. The topological polar surface area (TPSA) is 50.4 Å². The van der Waals surface area contributed by atoms with Crippen LogP contribution in [-0.2, 0) is 4.79 Å². The summed E-state index contributed by atoms with van der Waals surface area (Å²) in [6.07, 6.45) is 0.463. The van der Waals surface area contributed by atoms with Gasteiger partial charge in [0.05, 0.1) is 6.54 Å². The van der Waals surface area contributed by atoms with Crippen LogP contribution in [0.25, 0.3) is 0 Å². The highest BCUT2D eigenvalue weighted by Gasteiger charge is 2.06. The summed E-state index contributed by atoms with van der Waals surface area (Å²) in [6.45, 7) is 3.16. The van der Waals surface area contributed by atoms with Crippen LogP contribution in [0.15, 0.2) is 30.3 Å². The molecule has 0 bridgehead atoms. The number of ether oxygens (including phenoxy) is 1. The van der Waals surface area contributed by atoms with Crippen molar-refractivity contribution >= 4 is 18.3 Å². The van der Waals surface area contributed by atoms with E-state index in [0.29, 0.717) is 19.5 Å². The Morgan fingerprint density at radius 1 is 1.33 bits per heavy atom. The Bertz CT molecular complexity index is 333. The monoisotopic (exact) mass is 272 g/mol. The summed E-state index contributed by atoms with van der Waals surface area (Å²) in [5, 5.41) is 5.77. The summed E-state index contributed by atoms with van der Waals surface area (Å²) in [7, 11) is 1.83. The molecule has 5 heteroatoms. The van der Waals surface area contributed by atoms with Gasteiger partial charge in [-0.05, 0) is 26.1 Å². The maximum absolute atomic E-state index is 11.4. The van der Waals surface area contributed by atoms with E-state index in [2.05, 4.69) is 10.6 Å². The fourth-order valence-corrected chi connectivity index (χ4v) is 1.36. The van der Waals surface area contributed by atoms with Crippen LogP contribution in [0.1, 0.15) is 13.3 Å². The molecule has 102 valence electrons. The molecule has 0 saturated carbocycles. The van der Waals surface area contributed by atoms with Crippen molar-refractivity contribution in [3.8, 4) is 5.75 Å². The molecule has 1 amide bonds. The maximum Gasteiger partial charge on any atom is 0.221 e. The van der Waals surface area contributed by atoms with E-state index in [4.69, 9.17) is 4.74 Å². The molecule has 1 atom stereocenters. The Morgan fingerprint density at radius 2 is 2.00 bits per heavy atom. The second-order valence-corrected chi connectivity index (χ2v) is 3.90. The van der Waals surface area contributed by atoms with Crippen molar-refractivity contribution in [1.82, 2.24) is 10.6 Å². The van der Waals surface area contributed by atoms with Gasteiger partial charge in [-0.1, -0.05) is 18.2 Å². The lowest BCUT2D eigenvalue weighted by Gasteiger charge is -2.15. The van der Waals surface area contributed by atoms with Crippen molar-refractivity contribution in [3.63, 3.8) is 0 Å². The standard InChI is InChI=1S/C13H20N2O2.ClH/c1-11(10-15-13(16)8-9-14-2)17-12-6-4-3-5-7-12;/h3-7,11,14H,8-10H2,1-2H3,(H,15,16);1H. The van der Waals surface area contributed by atoms with Crippen LogP contribution in [-0.4, -0.2) is 32.1 Å². The minimum atomic E-state index is -0.0315. The average molecular weight is 273 g/mol. The van der Waals surface area contributed by atoms with Crippen molar-refractivity contribution in [3.05, 3.63) is 30.3 Å². The molecule has 1 aromatic carbocycles. The van der Waals surface area contributed by atoms with Gasteiger partial charge in [0, 0.05) is 13.0 Å². The quantitative estimate of drug-likeness (QED) is 0.793. The van der Waals surface area contributed by atoms with Gasteiger partial charge < -0.3 is 15.4 Å². The van der Waals surface area contributed by atoms with Gasteiger partial charge in [-0.3, -0.25) is 4.79 Å². The second kappa shape index (κ2) is 9.74. The van der Waals surface area contributed by atoms with E-state index in [1.807, 2.05) is 44.3 Å². The third kappa shape index (κ3) is 7.14. The zero-order chi connectivity index (χ0) is 12.5. The molecule has 0 saturated heterocycles. The molecule has 0 aliphatic heterocycles. The van der Waals surface area contributed by atoms with Gasteiger partial charge in [-0.25, -0.2) is 0 Å². The Balaban J connectivity index is 0.00000289. The fourth-order valence-electron chi connectivity index (χ4n) is 1.36. The summed E-state index contributed by atoms with van der Waals surface area (Å²) < 4.78 is 5.64. The predicted octanol–water partition coefficient (Wildman–Crippen LogP) is 1.60. The van der Waals surface area contributed by atoms with E-state index in [9.17, 15) is 4.79 Å². The molecule has 1 unspecified atom stereocenters. The highest BCUT2D eigenvalue weighted by molar-refractivity contribution is 5.85. The summed E-state index contributed by atoms with van der Waals surface area (Å²) in [5.41, 5.74) is 0. The van der Waals surface area contributed by atoms with Crippen molar-refractivity contribution in [2.75, 3.05) is 20.1 Å². The van der Waals surface area contributed by atoms with Gasteiger partial charge in [-0.15, -0.1) is 12.4 Å². The van der Waals surface area contributed by atoms with Gasteiger partial charge in [0.25, 0.3) is 0 Å². The summed E-state index contributed by atoms with van der Waals surface area (Å²) in [5.74, 6) is 0.868. The van der Waals surface area contributed by atoms with Crippen molar-refractivity contribution < 1.29 is 9.53 Å². The third-order valence-corrected chi connectivity index (χ3v) is 2.27. The fraction of sp³-hybridized carbons (Fsp3) is 0.462. The van der Waals surface area contributed by atoms with Gasteiger partial charge >= 0.3 is 0 Å². The number of carbonyl (C=O) groups is 1. The first-order chi connectivity index (χ1) is 8.22. The molecule has 0 fully saturated rings. The molecule has 0 aromatic heterocycles. The van der Waals surface area contributed by atoms with Crippen molar-refractivity contribution in [2.24, 2.45) is 0 Å². The summed E-state index contributed by atoms with van der Waals surface area (Å²) in [4.78, 5) is 11.4. The number of nitrogens with one attached hydrogen (secondary N) is 2. The molecule has 1 rings (SSSR count). The third-order valence-electron chi connectivity index (χ3n) is 2.27. The van der Waals surface area contributed by atoms with Crippen LogP contribution >= 0.6 is 12.4 Å². The van der Waals surface area contributed by atoms with E-state index in [1.165, 1.54) is 0 Å². The molecular weight excluding hydrogens is 252 g/mol. The first-order valence-corrected chi connectivity index (χ1v) is 5.85. The number of amides is 1. The first kappa shape index (κ1) is 16.7. The number of halogens is 1. The van der Waals surface area contributed by atoms with Crippen LogP contribution in [0.2, 0.25) is 0 Å². The minimum absolute atomic E-state index is 0. The Labute approximate surface area is 115 Å². The molecule has 2 N–H and O–H groups in total. The second-order valence-electron chi connectivity index (χ2n) is 3.90. The van der Waals surface area contributed by atoms with Gasteiger partial charge in [0.15, 0.2) is 0 Å². The SMILES string of the molecule is CNCCC(=O)NCC(C)Oc1ccccc1.Cl. The van der Waals surface area contributed by atoms with Crippen molar-refractivity contribution in [1.29, 1.82) is 0 Å². The van der Waals surface area contributed by atoms with Crippen LogP contribution < -0.4 is 15.4 Å². The molecule has 0 aliphatic carbocycles. The molecule has 18 heavy (non-hydrogen) atoms. The van der Waals surface area contributed by atoms with Crippen molar-refractivity contribution in [2.45, 2.75) is 19.4 Å². The lowest BCUT2D eigenvalue weighted by molar-refractivity contribution is -0.121. The average Bonchev–Trinajstić information content (AvgIpc) is 2.35. The lowest BCUT2D eigenvalue weighted by atomic mass is 10.3. The van der Waals surface area contributed by atoms with Gasteiger partial charge in [0.2, 0.25) is 5.91 Å². The van der Waals surface area contributed by atoms with E-state index in [-0.39, 0.29) is 24.4 Å². The van der Waals surface area contributed by atoms with Crippen LogP contribution in [0, 0.1) is 0 Å². The molecule has 0 spiro atoms. The first-order valence-electron chi connectivity index (χ1n) is 5.85. The summed E-state index contributed by atoms with van der Waals surface area (Å²) in [6, 6.07) is 9.59.